The van der Waals surface area contributed by atoms with Gasteiger partial charge in [-0.15, -0.1) is 0 Å². The minimum absolute atomic E-state index is 0.562. The molecule has 1 aromatic carbocycles. The van der Waals surface area contributed by atoms with Gasteiger partial charge in [-0.1, -0.05) is 42.1 Å². The molecule has 3 rings (SSSR count). The number of rotatable bonds is 4. The molecule has 2 aliphatic rings. The molecule has 2 saturated carbocycles. The Bertz CT molecular complexity index is 448. The van der Waals surface area contributed by atoms with E-state index in [1.165, 1.54) is 31.2 Å². The summed E-state index contributed by atoms with van der Waals surface area (Å²) >= 11 is 12.3. The largest absolute Gasteiger partial charge is 0.316 e. The summed E-state index contributed by atoms with van der Waals surface area (Å²) in [6.45, 7) is 0. The quantitative estimate of drug-likeness (QED) is 0.859. The van der Waals surface area contributed by atoms with Gasteiger partial charge in [0.1, 0.15) is 0 Å². The molecule has 1 nitrogen and oxygen atoms in total. The van der Waals surface area contributed by atoms with Gasteiger partial charge in [0, 0.05) is 16.1 Å². The molecule has 0 spiro atoms. The zero-order chi connectivity index (χ0) is 13.4. The molecule has 1 aromatic rings. The van der Waals surface area contributed by atoms with E-state index in [4.69, 9.17) is 23.2 Å². The van der Waals surface area contributed by atoms with Crippen LogP contribution in [0.1, 0.15) is 31.2 Å². The summed E-state index contributed by atoms with van der Waals surface area (Å²) in [5.74, 6) is 2.80. The van der Waals surface area contributed by atoms with Gasteiger partial charge < -0.3 is 5.32 Å². The molecule has 0 aliphatic heterocycles. The van der Waals surface area contributed by atoms with E-state index in [0.717, 1.165) is 34.2 Å². The predicted molar refractivity (Wildman–Crippen MR) is 82.0 cm³/mol. The van der Waals surface area contributed by atoms with Crippen molar-refractivity contribution in [3.63, 3.8) is 0 Å². The second kappa shape index (κ2) is 5.63. The highest BCUT2D eigenvalue weighted by atomic mass is 35.5. The van der Waals surface area contributed by atoms with Crippen LogP contribution in [0.3, 0.4) is 0 Å². The van der Waals surface area contributed by atoms with Crippen molar-refractivity contribution in [1.82, 2.24) is 5.32 Å². The molecule has 19 heavy (non-hydrogen) atoms. The Hall–Kier alpha value is -0.240. The topological polar surface area (TPSA) is 12.0 Å². The molecule has 0 radical (unpaired) electrons. The summed E-state index contributed by atoms with van der Waals surface area (Å²) in [5.41, 5.74) is 1.22. The number of likely N-dealkylation sites (N-methyl/N-ethyl adjacent to an activating group) is 1. The summed E-state index contributed by atoms with van der Waals surface area (Å²) in [7, 11) is 2.08. The fourth-order valence-corrected chi connectivity index (χ4v) is 4.48. The van der Waals surface area contributed by atoms with Gasteiger partial charge in [-0.3, -0.25) is 0 Å². The van der Waals surface area contributed by atoms with Crippen LogP contribution in [0.2, 0.25) is 10.0 Å². The molecule has 0 aromatic heterocycles. The van der Waals surface area contributed by atoms with E-state index in [1.807, 2.05) is 12.1 Å². The normalized spacial score (nSPS) is 30.8. The van der Waals surface area contributed by atoms with E-state index in [0.29, 0.717) is 6.04 Å². The van der Waals surface area contributed by atoms with Gasteiger partial charge in [0.15, 0.2) is 0 Å². The average Bonchev–Trinajstić information content (AvgIpc) is 3.12. The smallest absolute Gasteiger partial charge is 0.0453 e. The first-order valence-corrected chi connectivity index (χ1v) is 8.07. The second-order valence-electron chi connectivity index (χ2n) is 6.02. The standard InChI is InChI=1S/C16H21Cl2N/c1-19-15(16-12-4-2-3-5-13(12)16)8-10-6-7-11(17)9-14(10)18/h6-7,9,12-13,15-16,19H,2-5,8H2,1H3. The van der Waals surface area contributed by atoms with Crippen LogP contribution >= 0.6 is 23.2 Å². The fraction of sp³-hybridized carbons (Fsp3) is 0.625. The van der Waals surface area contributed by atoms with Crippen molar-refractivity contribution in [2.45, 2.75) is 38.1 Å². The third kappa shape index (κ3) is 2.79. The lowest BCUT2D eigenvalue weighted by Gasteiger charge is -2.17. The third-order valence-corrected chi connectivity index (χ3v) is 5.60. The molecule has 3 heteroatoms. The number of halogens is 2. The summed E-state index contributed by atoms with van der Waals surface area (Å²) < 4.78 is 0. The highest BCUT2D eigenvalue weighted by Crippen LogP contribution is 2.57. The van der Waals surface area contributed by atoms with Gasteiger partial charge in [-0.05, 0) is 61.8 Å². The number of benzene rings is 1. The summed E-state index contributed by atoms with van der Waals surface area (Å²) in [6.07, 6.45) is 6.74. The monoisotopic (exact) mass is 297 g/mol. The maximum Gasteiger partial charge on any atom is 0.0453 e. The van der Waals surface area contributed by atoms with Crippen molar-refractivity contribution >= 4 is 23.2 Å². The number of nitrogens with one attached hydrogen (secondary N) is 1. The van der Waals surface area contributed by atoms with Crippen LogP contribution in [0.15, 0.2) is 18.2 Å². The lowest BCUT2D eigenvalue weighted by Crippen LogP contribution is -2.31. The average molecular weight is 298 g/mol. The Kier molecular flexibility index (Phi) is 4.07. The predicted octanol–water partition coefficient (Wildman–Crippen LogP) is 4.56. The molecule has 3 atom stereocenters. The summed E-state index contributed by atoms with van der Waals surface area (Å²) in [5, 5.41) is 5.04. The van der Waals surface area contributed by atoms with Gasteiger partial charge in [0.2, 0.25) is 0 Å². The van der Waals surface area contributed by atoms with E-state index < -0.39 is 0 Å². The van der Waals surface area contributed by atoms with Gasteiger partial charge in [-0.25, -0.2) is 0 Å². The third-order valence-electron chi connectivity index (χ3n) is 5.01. The van der Waals surface area contributed by atoms with Crippen molar-refractivity contribution in [3.8, 4) is 0 Å². The van der Waals surface area contributed by atoms with Crippen LogP contribution in [-0.4, -0.2) is 13.1 Å². The van der Waals surface area contributed by atoms with Crippen LogP contribution in [0.4, 0.5) is 0 Å². The van der Waals surface area contributed by atoms with Crippen molar-refractivity contribution in [1.29, 1.82) is 0 Å². The Morgan fingerprint density at radius 3 is 2.47 bits per heavy atom. The van der Waals surface area contributed by atoms with Crippen molar-refractivity contribution in [2.24, 2.45) is 17.8 Å². The zero-order valence-electron chi connectivity index (χ0n) is 11.3. The fourth-order valence-electron chi connectivity index (χ4n) is 4.00. The van der Waals surface area contributed by atoms with Crippen LogP contribution in [-0.2, 0) is 6.42 Å². The first kappa shape index (κ1) is 13.7. The van der Waals surface area contributed by atoms with Crippen LogP contribution in [0.25, 0.3) is 0 Å². The van der Waals surface area contributed by atoms with E-state index >= 15 is 0 Å². The molecule has 3 unspecified atom stereocenters. The molecular formula is C16H21Cl2N. The van der Waals surface area contributed by atoms with E-state index in [1.54, 1.807) is 0 Å². The second-order valence-corrected chi connectivity index (χ2v) is 6.87. The Balaban J connectivity index is 1.70. The summed E-state index contributed by atoms with van der Waals surface area (Å²) in [6, 6.07) is 6.42. The molecular weight excluding hydrogens is 277 g/mol. The lowest BCUT2D eigenvalue weighted by molar-refractivity contribution is 0.460. The lowest BCUT2D eigenvalue weighted by atomic mass is 10.00. The molecule has 104 valence electrons. The van der Waals surface area contributed by atoms with E-state index in [2.05, 4.69) is 18.4 Å². The highest BCUT2D eigenvalue weighted by Gasteiger charge is 2.53. The summed E-state index contributed by atoms with van der Waals surface area (Å²) in [4.78, 5) is 0. The maximum atomic E-state index is 6.30. The molecule has 0 heterocycles. The van der Waals surface area contributed by atoms with Crippen LogP contribution in [0, 0.1) is 17.8 Å². The highest BCUT2D eigenvalue weighted by molar-refractivity contribution is 6.35. The van der Waals surface area contributed by atoms with Crippen LogP contribution < -0.4 is 5.32 Å². The van der Waals surface area contributed by atoms with Gasteiger partial charge in [0.05, 0.1) is 0 Å². The SMILES string of the molecule is CNC(Cc1ccc(Cl)cc1Cl)C1C2CCCCC21. The first-order chi connectivity index (χ1) is 9.20. The van der Waals surface area contributed by atoms with Crippen molar-refractivity contribution < 1.29 is 0 Å². The Morgan fingerprint density at radius 1 is 1.21 bits per heavy atom. The molecule has 1 N–H and O–H groups in total. The van der Waals surface area contributed by atoms with E-state index in [-0.39, 0.29) is 0 Å². The van der Waals surface area contributed by atoms with Gasteiger partial charge in [-0.2, -0.15) is 0 Å². The van der Waals surface area contributed by atoms with Gasteiger partial charge in [0.25, 0.3) is 0 Å². The number of hydrogen-bond acceptors (Lipinski definition) is 1. The number of fused-ring (bicyclic) bond motifs is 1. The van der Waals surface area contributed by atoms with E-state index in [9.17, 15) is 0 Å². The van der Waals surface area contributed by atoms with Crippen LogP contribution in [0.5, 0.6) is 0 Å². The van der Waals surface area contributed by atoms with Gasteiger partial charge >= 0.3 is 0 Å². The molecule has 0 bridgehead atoms. The zero-order valence-corrected chi connectivity index (χ0v) is 12.8. The molecule has 2 fully saturated rings. The molecule has 0 saturated heterocycles. The van der Waals surface area contributed by atoms with Crippen molar-refractivity contribution in [2.75, 3.05) is 7.05 Å². The first-order valence-electron chi connectivity index (χ1n) is 7.32. The number of hydrogen-bond donors (Lipinski definition) is 1. The Morgan fingerprint density at radius 2 is 1.89 bits per heavy atom. The molecule has 0 amide bonds. The minimum atomic E-state index is 0.562. The minimum Gasteiger partial charge on any atom is -0.316 e. The van der Waals surface area contributed by atoms with Crippen molar-refractivity contribution in [3.05, 3.63) is 33.8 Å². The molecule has 2 aliphatic carbocycles. The maximum absolute atomic E-state index is 6.30. The Labute approximate surface area is 125 Å².